The van der Waals surface area contributed by atoms with Gasteiger partial charge in [-0.2, -0.15) is 5.10 Å². The quantitative estimate of drug-likeness (QED) is 0.732. The molecule has 1 amide bonds. The van der Waals surface area contributed by atoms with Crippen molar-refractivity contribution in [3.05, 3.63) is 47.4 Å². The van der Waals surface area contributed by atoms with E-state index in [0.29, 0.717) is 17.2 Å². The third-order valence-corrected chi connectivity index (χ3v) is 5.24. The maximum Gasteiger partial charge on any atom is 0.265 e. The summed E-state index contributed by atoms with van der Waals surface area (Å²) in [5.41, 5.74) is 1.14. The van der Waals surface area contributed by atoms with Gasteiger partial charge < -0.3 is 9.32 Å². The standard InChI is InChI=1S/C17H18N4O2S/c1-12-8-19-21(10-12)13-4-2-6-20(11-13)17(22)15-9-18-16(24-15)14-5-3-7-23-14/h3,5,7-10,13H,2,4,6,11H2,1H3/t13-/m0/s1. The highest BCUT2D eigenvalue weighted by atomic mass is 32.1. The summed E-state index contributed by atoms with van der Waals surface area (Å²) in [6, 6.07) is 3.91. The van der Waals surface area contributed by atoms with Crippen LogP contribution in [0, 0.1) is 6.92 Å². The summed E-state index contributed by atoms with van der Waals surface area (Å²) in [7, 11) is 0. The number of carbonyl (C=O) groups is 1. The summed E-state index contributed by atoms with van der Waals surface area (Å²) in [5.74, 6) is 0.737. The van der Waals surface area contributed by atoms with Crippen LogP contribution in [-0.4, -0.2) is 38.7 Å². The molecular formula is C17H18N4O2S. The number of rotatable bonds is 3. The van der Waals surface area contributed by atoms with Crippen molar-refractivity contribution in [3.63, 3.8) is 0 Å². The zero-order chi connectivity index (χ0) is 16.5. The van der Waals surface area contributed by atoms with Crippen LogP contribution in [0.5, 0.6) is 0 Å². The van der Waals surface area contributed by atoms with Crippen LogP contribution in [0.3, 0.4) is 0 Å². The first kappa shape index (κ1) is 15.1. The van der Waals surface area contributed by atoms with E-state index in [0.717, 1.165) is 30.0 Å². The minimum atomic E-state index is 0.0406. The van der Waals surface area contributed by atoms with E-state index in [1.165, 1.54) is 11.3 Å². The van der Waals surface area contributed by atoms with Crippen LogP contribution in [0.4, 0.5) is 0 Å². The van der Waals surface area contributed by atoms with Gasteiger partial charge in [0.25, 0.3) is 5.91 Å². The highest BCUT2D eigenvalue weighted by Crippen LogP contribution is 2.28. The molecule has 1 saturated heterocycles. The summed E-state index contributed by atoms with van der Waals surface area (Å²) in [4.78, 5) is 19.7. The Morgan fingerprint density at radius 2 is 2.33 bits per heavy atom. The van der Waals surface area contributed by atoms with E-state index in [4.69, 9.17) is 4.42 Å². The van der Waals surface area contributed by atoms with Crippen molar-refractivity contribution in [2.45, 2.75) is 25.8 Å². The molecule has 0 aliphatic carbocycles. The first-order valence-corrected chi connectivity index (χ1v) is 8.82. The van der Waals surface area contributed by atoms with Crippen LogP contribution >= 0.6 is 11.3 Å². The Morgan fingerprint density at radius 1 is 1.42 bits per heavy atom. The van der Waals surface area contributed by atoms with Crippen molar-refractivity contribution in [2.75, 3.05) is 13.1 Å². The average molecular weight is 342 g/mol. The normalized spacial score (nSPS) is 18.0. The highest BCUT2D eigenvalue weighted by Gasteiger charge is 2.27. The largest absolute Gasteiger partial charge is 0.462 e. The molecule has 3 aromatic heterocycles. The molecule has 4 heterocycles. The molecule has 0 radical (unpaired) electrons. The van der Waals surface area contributed by atoms with Gasteiger partial charge in [-0.15, -0.1) is 11.3 Å². The second kappa shape index (κ2) is 6.24. The van der Waals surface area contributed by atoms with Crippen LogP contribution in [0.2, 0.25) is 0 Å². The van der Waals surface area contributed by atoms with Crippen LogP contribution in [0.25, 0.3) is 10.8 Å². The van der Waals surface area contributed by atoms with Gasteiger partial charge in [-0.25, -0.2) is 4.98 Å². The summed E-state index contributed by atoms with van der Waals surface area (Å²) >= 11 is 1.38. The molecule has 0 N–H and O–H groups in total. The lowest BCUT2D eigenvalue weighted by molar-refractivity contribution is 0.0677. The molecule has 0 spiro atoms. The number of amides is 1. The third-order valence-electron chi connectivity index (χ3n) is 4.24. The molecular weight excluding hydrogens is 324 g/mol. The summed E-state index contributed by atoms with van der Waals surface area (Å²) < 4.78 is 7.33. The molecule has 1 aliphatic heterocycles. The van der Waals surface area contributed by atoms with Gasteiger partial charge in [-0.3, -0.25) is 9.48 Å². The van der Waals surface area contributed by atoms with E-state index in [1.54, 1.807) is 12.5 Å². The Kier molecular flexibility index (Phi) is 3.93. The Balaban J connectivity index is 1.50. The smallest absolute Gasteiger partial charge is 0.265 e. The first-order chi connectivity index (χ1) is 11.7. The Morgan fingerprint density at radius 3 is 3.08 bits per heavy atom. The van der Waals surface area contributed by atoms with Crippen molar-refractivity contribution in [1.82, 2.24) is 19.7 Å². The van der Waals surface area contributed by atoms with Crippen LogP contribution < -0.4 is 0 Å². The SMILES string of the molecule is Cc1cnn([C@H]2CCCN(C(=O)c3cnc(-c4ccco4)s3)C2)c1. The molecule has 3 aromatic rings. The van der Waals surface area contributed by atoms with Crippen LogP contribution in [0.1, 0.15) is 34.1 Å². The molecule has 1 atom stereocenters. The lowest BCUT2D eigenvalue weighted by atomic mass is 10.1. The molecule has 124 valence electrons. The minimum Gasteiger partial charge on any atom is -0.462 e. The van der Waals surface area contributed by atoms with Gasteiger partial charge in [0, 0.05) is 19.3 Å². The highest BCUT2D eigenvalue weighted by molar-refractivity contribution is 7.16. The van der Waals surface area contributed by atoms with E-state index in [1.807, 2.05) is 41.0 Å². The molecule has 0 aromatic carbocycles. The molecule has 4 rings (SSSR count). The number of carbonyl (C=O) groups excluding carboxylic acids is 1. The molecule has 0 unspecified atom stereocenters. The number of aromatic nitrogens is 3. The second-order valence-electron chi connectivity index (χ2n) is 6.05. The molecule has 7 heteroatoms. The van der Waals surface area contributed by atoms with Gasteiger partial charge >= 0.3 is 0 Å². The number of aryl methyl sites for hydroxylation is 1. The van der Waals surface area contributed by atoms with Crippen LogP contribution in [0.15, 0.2) is 41.4 Å². The molecule has 1 fully saturated rings. The van der Waals surface area contributed by atoms with Gasteiger partial charge in [0.15, 0.2) is 10.8 Å². The lowest BCUT2D eigenvalue weighted by Crippen LogP contribution is -2.40. The number of likely N-dealkylation sites (tertiary alicyclic amines) is 1. The van der Waals surface area contributed by atoms with Gasteiger partial charge in [0.1, 0.15) is 4.88 Å². The molecule has 0 bridgehead atoms. The summed E-state index contributed by atoms with van der Waals surface area (Å²) in [5, 5.41) is 5.14. The number of thiazole rings is 1. The minimum absolute atomic E-state index is 0.0406. The van der Waals surface area contributed by atoms with E-state index in [2.05, 4.69) is 10.1 Å². The number of nitrogens with zero attached hydrogens (tertiary/aromatic N) is 4. The summed E-state index contributed by atoms with van der Waals surface area (Å²) in [6.45, 7) is 3.50. The van der Waals surface area contributed by atoms with E-state index < -0.39 is 0 Å². The zero-order valence-electron chi connectivity index (χ0n) is 13.4. The van der Waals surface area contributed by atoms with Crippen molar-refractivity contribution >= 4 is 17.2 Å². The van der Waals surface area contributed by atoms with E-state index in [9.17, 15) is 4.79 Å². The Labute approximate surface area is 143 Å². The number of furan rings is 1. The molecule has 6 nitrogen and oxygen atoms in total. The Bertz CT molecular complexity index is 837. The average Bonchev–Trinajstić information content (AvgIpc) is 3.34. The zero-order valence-corrected chi connectivity index (χ0v) is 14.2. The van der Waals surface area contributed by atoms with Crippen molar-refractivity contribution in [2.24, 2.45) is 0 Å². The van der Waals surface area contributed by atoms with Gasteiger partial charge in [-0.1, -0.05) is 0 Å². The maximum absolute atomic E-state index is 12.8. The fraction of sp³-hybridized carbons (Fsp3) is 0.353. The van der Waals surface area contributed by atoms with E-state index >= 15 is 0 Å². The van der Waals surface area contributed by atoms with Crippen molar-refractivity contribution < 1.29 is 9.21 Å². The summed E-state index contributed by atoms with van der Waals surface area (Å²) in [6.07, 6.45) is 9.19. The fourth-order valence-electron chi connectivity index (χ4n) is 3.03. The lowest BCUT2D eigenvalue weighted by Gasteiger charge is -2.32. The van der Waals surface area contributed by atoms with Crippen LogP contribution in [-0.2, 0) is 0 Å². The number of hydrogen-bond donors (Lipinski definition) is 0. The predicted molar refractivity (Wildman–Crippen MR) is 91.0 cm³/mol. The molecule has 24 heavy (non-hydrogen) atoms. The van der Waals surface area contributed by atoms with Gasteiger partial charge in [-0.05, 0) is 37.5 Å². The maximum atomic E-state index is 12.8. The van der Waals surface area contributed by atoms with E-state index in [-0.39, 0.29) is 11.9 Å². The predicted octanol–water partition coefficient (Wildman–Crippen LogP) is 3.39. The fourth-order valence-corrected chi connectivity index (χ4v) is 3.88. The number of hydrogen-bond acceptors (Lipinski definition) is 5. The van der Waals surface area contributed by atoms with Crippen molar-refractivity contribution in [3.8, 4) is 10.8 Å². The molecule has 1 aliphatic rings. The number of piperidine rings is 1. The van der Waals surface area contributed by atoms with Crippen molar-refractivity contribution in [1.29, 1.82) is 0 Å². The molecule has 0 saturated carbocycles. The Hall–Kier alpha value is -2.41. The third kappa shape index (κ3) is 2.87. The van der Waals surface area contributed by atoms with Gasteiger partial charge in [0.05, 0.1) is 24.7 Å². The monoisotopic (exact) mass is 342 g/mol. The topological polar surface area (TPSA) is 64.2 Å². The first-order valence-electron chi connectivity index (χ1n) is 8.00. The second-order valence-corrected chi connectivity index (χ2v) is 7.08. The van der Waals surface area contributed by atoms with Gasteiger partial charge in [0.2, 0.25) is 0 Å².